The molecule has 0 radical (unpaired) electrons. The summed E-state index contributed by atoms with van der Waals surface area (Å²) in [5.41, 5.74) is 1.16. The van der Waals surface area contributed by atoms with E-state index in [1.54, 1.807) is 12.1 Å². The van der Waals surface area contributed by atoms with Gasteiger partial charge in [-0.3, -0.25) is 14.5 Å². The zero-order valence-corrected chi connectivity index (χ0v) is 18.5. The largest absolute Gasteiger partial charge is 0.468 e. The summed E-state index contributed by atoms with van der Waals surface area (Å²) in [5.74, 6) is -1.82. The van der Waals surface area contributed by atoms with Gasteiger partial charge >= 0.3 is 17.9 Å². The smallest absolute Gasteiger partial charge is 0.337 e. The predicted octanol–water partition coefficient (Wildman–Crippen LogP) is 3.31. The summed E-state index contributed by atoms with van der Waals surface area (Å²) in [6, 6.07) is 16.5. The molecule has 168 valence electrons. The molecule has 1 saturated heterocycles. The van der Waals surface area contributed by atoms with E-state index in [0.29, 0.717) is 24.2 Å². The number of likely N-dealkylation sites (tertiary alicyclic amines) is 1. The Kier molecular flexibility index (Phi) is 7.10. The molecule has 2 aromatic carbocycles. The van der Waals surface area contributed by atoms with Gasteiger partial charge in [0.25, 0.3) is 0 Å². The van der Waals surface area contributed by atoms with Crippen molar-refractivity contribution in [1.82, 2.24) is 4.90 Å². The summed E-state index contributed by atoms with van der Waals surface area (Å²) in [6.45, 7) is 4.95. The van der Waals surface area contributed by atoms with Crippen LogP contribution in [-0.2, 0) is 30.3 Å². The SMILES string of the molecule is C=C1CN(Cc2ccccc2)C(c2ccc(C(=O)OC)cc2)CC1(C(=O)OC)C(=O)OC. The Morgan fingerprint density at radius 1 is 0.938 bits per heavy atom. The van der Waals surface area contributed by atoms with E-state index < -0.39 is 23.3 Å². The Hall–Kier alpha value is -3.45. The normalized spacial score (nSPS) is 18.0. The Bertz CT molecular complexity index is 983. The summed E-state index contributed by atoms with van der Waals surface area (Å²) in [5, 5.41) is 0. The number of methoxy groups -OCH3 is 3. The van der Waals surface area contributed by atoms with Crippen molar-refractivity contribution >= 4 is 17.9 Å². The van der Waals surface area contributed by atoms with Gasteiger partial charge in [-0.2, -0.15) is 0 Å². The van der Waals surface area contributed by atoms with Gasteiger partial charge in [0, 0.05) is 19.1 Å². The van der Waals surface area contributed by atoms with E-state index in [1.165, 1.54) is 21.3 Å². The third-order valence-corrected chi connectivity index (χ3v) is 5.95. The third-order valence-electron chi connectivity index (χ3n) is 5.95. The van der Waals surface area contributed by atoms with Gasteiger partial charge in [0.05, 0.1) is 26.9 Å². The van der Waals surface area contributed by atoms with Crippen molar-refractivity contribution in [2.75, 3.05) is 27.9 Å². The van der Waals surface area contributed by atoms with Crippen LogP contribution in [0.2, 0.25) is 0 Å². The van der Waals surface area contributed by atoms with Gasteiger partial charge in [0.1, 0.15) is 0 Å². The third kappa shape index (κ3) is 4.29. The second-order valence-corrected chi connectivity index (χ2v) is 7.72. The van der Waals surface area contributed by atoms with E-state index in [9.17, 15) is 14.4 Å². The minimum Gasteiger partial charge on any atom is -0.468 e. The number of carbonyl (C=O) groups excluding carboxylic acids is 3. The molecule has 32 heavy (non-hydrogen) atoms. The van der Waals surface area contributed by atoms with Crippen molar-refractivity contribution in [1.29, 1.82) is 0 Å². The monoisotopic (exact) mass is 437 g/mol. The van der Waals surface area contributed by atoms with Gasteiger partial charge < -0.3 is 14.2 Å². The van der Waals surface area contributed by atoms with Gasteiger partial charge in [-0.1, -0.05) is 49.0 Å². The molecule has 7 heteroatoms. The first-order valence-electron chi connectivity index (χ1n) is 10.2. The quantitative estimate of drug-likeness (QED) is 0.297. The number of piperidine rings is 1. The molecule has 0 amide bonds. The molecule has 0 bridgehead atoms. The molecule has 0 N–H and O–H groups in total. The Morgan fingerprint density at radius 3 is 2.06 bits per heavy atom. The van der Waals surface area contributed by atoms with Gasteiger partial charge in [0.2, 0.25) is 0 Å². The lowest BCUT2D eigenvalue weighted by Crippen LogP contribution is -2.52. The van der Waals surface area contributed by atoms with E-state index in [-0.39, 0.29) is 12.5 Å². The average molecular weight is 437 g/mol. The van der Waals surface area contributed by atoms with Crippen molar-refractivity contribution in [3.05, 3.63) is 83.4 Å². The summed E-state index contributed by atoms with van der Waals surface area (Å²) >= 11 is 0. The van der Waals surface area contributed by atoms with Crippen molar-refractivity contribution < 1.29 is 28.6 Å². The topological polar surface area (TPSA) is 82.1 Å². The predicted molar refractivity (Wildman–Crippen MR) is 118 cm³/mol. The molecule has 1 heterocycles. The minimum atomic E-state index is -1.61. The van der Waals surface area contributed by atoms with Crippen molar-refractivity contribution in [3.63, 3.8) is 0 Å². The van der Waals surface area contributed by atoms with Crippen LogP contribution in [0, 0.1) is 5.41 Å². The van der Waals surface area contributed by atoms with E-state index in [2.05, 4.69) is 11.5 Å². The van der Waals surface area contributed by atoms with Crippen LogP contribution < -0.4 is 0 Å². The lowest BCUT2D eigenvalue weighted by atomic mass is 9.70. The van der Waals surface area contributed by atoms with Gasteiger partial charge in [-0.15, -0.1) is 0 Å². The van der Waals surface area contributed by atoms with Gasteiger partial charge in [0.15, 0.2) is 5.41 Å². The van der Waals surface area contributed by atoms with Crippen LogP contribution in [0.4, 0.5) is 0 Å². The fourth-order valence-electron chi connectivity index (χ4n) is 4.21. The zero-order chi connectivity index (χ0) is 23.3. The maximum Gasteiger partial charge on any atom is 0.337 e. The van der Waals surface area contributed by atoms with Crippen molar-refractivity contribution in [3.8, 4) is 0 Å². The number of benzene rings is 2. The first-order valence-corrected chi connectivity index (χ1v) is 10.2. The van der Waals surface area contributed by atoms with Crippen molar-refractivity contribution in [2.24, 2.45) is 5.41 Å². The van der Waals surface area contributed by atoms with Gasteiger partial charge in [-0.05, 0) is 35.3 Å². The van der Waals surface area contributed by atoms with E-state index >= 15 is 0 Å². The highest BCUT2D eigenvalue weighted by Crippen LogP contribution is 2.46. The minimum absolute atomic E-state index is 0.107. The summed E-state index contributed by atoms with van der Waals surface area (Å²) in [4.78, 5) is 39.7. The zero-order valence-electron chi connectivity index (χ0n) is 18.5. The Labute approximate surface area is 187 Å². The Balaban J connectivity index is 2.05. The van der Waals surface area contributed by atoms with E-state index in [4.69, 9.17) is 14.2 Å². The molecule has 1 unspecified atom stereocenters. The van der Waals surface area contributed by atoms with Crippen LogP contribution in [-0.4, -0.2) is 50.7 Å². The molecule has 2 aromatic rings. The highest BCUT2D eigenvalue weighted by atomic mass is 16.5. The van der Waals surface area contributed by atoms with Crippen LogP contribution >= 0.6 is 0 Å². The number of ether oxygens (including phenoxy) is 3. The van der Waals surface area contributed by atoms with E-state index in [0.717, 1.165) is 11.1 Å². The second-order valence-electron chi connectivity index (χ2n) is 7.72. The highest BCUT2D eigenvalue weighted by molar-refractivity contribution is 6.03. The maximum absolute atomic E-state index is 12.9. The molecule has 1 atom stereocenters. The van der Waals surface area contributed by atoms with Crippen LogP contribution in [0.5, 0.6) is 0 Å². The number of hydrogen-bond acceptors (Lipinski definition) is 7. The van der Waals surface area contributed by atoms with Crippen LogP contribution in [0.25, 0.3) is 0 Å². The van der Waals surface area contributed by atoms with Gasteiger partial charge in [-0.25, -0.2) is 4.79 Å². The summed E-state index contributed by atoms with van der Waals surface area (Å²) in [7, 11) is 3.82. The fourth-order valence-corrected chi connectivity index (χ4v) is 4.21. The standard InChI is InChI=1S/C25H27NO6/c1-17-15-26(16-18-8-6-5-7-9-18)21(14-25(17,23(28)31-3)24(29)32-4)19-10-12-20(13-11-19)22(27)30-2/h5-13,21H,1,14-16H2,2-4H3. The van der Waals surface area contributed by atoms with Crippen LogP contribution in [0.15, 0.2) is 66.7 Å². The molecule has 0 spiro atoms. The molecular formula is C25H27NO6. The van der Waals surface area contributed by atoms with Crippen LogP contribution in [0.1, 0.15) is 33.9 Å². The Morgan fingerprint density at radius 2 is 1.53 bits per heavy atom. The highest BCUT2D eigenvalue weighted by Gasteiger charge is 2.55. The summed E-state index contributed by atoms with van der Waals surface area (Å²) in [6.07, 6.45) is 0.107. The van der Waals surface area contributed by atoms with E-state index in [1.807, 2.05) is 42.5 Å². The average Bonchev–Trinajstić information content (AvgIpc) is 2.83. The number of carbonyl (C=O) groups is 3. The molecule has 1 aliphatic rings. The molecule has 0 aromatic heterocycles. The number of hydrogen-bond donors (Lipinski definition) is 0. The molecular weight excluding hydrogens is 410 g/mol. The molecule has 7 nitrogen and oxygen atoms in total. The second kappa shape index (κ2) is 9.78. The number of esters is 3. The molecule has 3 rings (SSSR count). The number of rotatable bonds is 6. The fraction of sp³-hybridized carbons (Fsp3) is 0.320. The number of nitrogens with zero attached hydrogens (tertiary/aromatic N) is 1. The lowest BCUT2D eigenvalue weighted by molar-refractivity contribution is -0.169. The molecule has 0 saturated carbocycles. The van der Waals surface area contributed by atoms with Crippen molar-refractivity contribution in [2.45, 2.75) is 19.0 Å². The summed E-state index contributed by atoms with van der Waals surface area (Å²) < 4.78 is 14.8. The molecule has 1 aliphatic heterocycles. The molecule has 0 aliphatic carbocycles. The maximum atomic E-state index is 12.9. The van der Waals surface area contributed by atoms with Crippen LogP contribution in [0.3, 0.4) is 0 Å². The molecule has 1 fully saturated rings. The first kappa shape index (κ1) is 23.2. The lowest BCUT2D eigenvalue weighted by Gasteiger charge is -2.45. The first-order chi connectivity index (χ1) is 15.4.